The van der Waals surface area contributed by atoms with E-state index >= 15 is 0 Å². The quantitative estimate of drug-likeness (QED) is 0.854. The van der Waals surface area contributed by atoms with Crippen molar-refractivity contribution in [1.82, 2.24) is 15.2 Å². The van der Waals surface area contributed by atoms with Crippen LogP contribution < -0.4 is 11.1 Å². The molecule has 2 atom stereocenters. The van der Waals surface area contributed by atoms with Crippen LogP contribution in [0.3, 0.4) is 0 Å². The van der Waals surface area contributed by atoms with E-state index in [0.29, 0.717) is 5.82 Å². The third-order valence-electron chi connectivity index (χ3n) is 4.64. The zero-order chi connectivity index (χ0) is 13.9. The second kappa shape index (κ2) is 5.88. The molecule has 1 fully saturated rings. The van der Waals surface area contributed by atoms with Gasteiger partial charge < -0.3 is 11.1 Å². The molecule has 1 saturated heterocycles. The van der Waals surface area contributed by atoms with E-state index in [1.807, 2.05) is 13.1 Å². The lowest BCUT2D eigenvalue weighted by atomic mass is 9.83. The molecule has 106 valence electrons. The van der Waals surface area contributed by atoms with Crippen LogP contribution in [0.2, 0.25) is 0 Å². The Hall–Kier alpha value is -1.13. The minimum atomic E-state index is 0.0857. The maximum Gasteiger partial charge on any atom is 0.128 e. The molecular weight excluding hydrogens is 236 g/mol. The molecule has 1 aromatic heterocycles. The van der Waals surface area contributed by atoms with Crippen LogP contribution in [-0.4, -0.2) is 35.6 Å². The number of rotatable bonds is 5. The highest BCUT2D eigenvalue weighted by Crippen LogP contribution is 2.37. The van der Waals surface area contributed by atoms with E-state index in [1.165, 1.54) is 25.9 Å². The number of likely N-dealkylation sites (tertiary alicyclic amines) is 1. The Morgan fingerprint density at radius 3 is 2.68 bits per heavy atom. The van der Waals surface area contributed by atoms with Crippen molar-refractivity contribution < 1.29 is 0 Å². The Morgan fingerprint density at radius 2 is 2.16 bits per heavy atom. The van der Waals surface area contributed by atoms with Crippen LogP contribution >= 0.6 is 0 Å². The minimum absolute atomic E-state index is 0.0857. The average Bonchev–Trinajstić information content (AvgIpc) is 2.96. The van der Waals surface area contributed by atoms with Gasteiger partial charge in [-0.3, -0.25) is 4.90 Å². The van der Waals surface area contributed by atoms with Crippen molar-refractivity contribution in [2.24, 2.45) is 0 Å². The molecule has 0 amide bonds. The number of nitrogens with one attached hydrogen (secondary N) is 1. The van der Waals surface area contributed by atoms with Gasteiger partial charge in [0.15, 0.2) is 0 Å². The molecule has 2 rings (SSSR count). The number of hydrogen-bond acceptors (Lipinski definition) is 4. The van der Waals surface area contributed by atoms with Gasteiger partial charge in [0, 0.05) is 17.3 Å². The first-order valence-corrected chi connectivity index (χ1v) is 7.26. The lowest BCUT2D eigenvalue weighted by molar-refractivity contribution is 0.0874. The van der Waals surface area contributed by atoms with Gasteiger partial charge in [0.25, 0.3) is 0 Å². The number of nitrogens with two attached hydrogens (primary N) is 1. The molecule has 4 heteroatoms. The molecule has 0 bridgehead atoms. The molecule has 4 nitrogen and oxygen atoms in total. The van der Waals surface area contributed by atoms with Crippen molar-refractivity contribution in [3.63, 3.8) is 0 Å². The largest absolute Gasteiger partial charge is 0.383 e. The van der Waals surface area contributed by atoms with Crippen molar-refractivity contribution >= 4 is 5.82 Å². The van der Waals surface area contributed by atoms with Gasteiger partial charge in [0.05, 0.1) is 6.04 Å². The topological polar surface area (TPSA) is 54.2 Å². The molecule has 2 unspecified atom stereocenters. The fourth-order valence-corrected chi connectivity index (χ4v) is 3.31. The molecule has 1 aliphatic rings. The number of anilines is 1. The predicted molar refractivity (Wildman–Crippen MR) is 80.0 cm³/mol. The number of hydrogen-bond donors (Lipinski definition) is 2. The second-order valence-electron chi connectivity index (χ2n) is 5.60. The molecule has 0 aliphatic carbocycles. The van der Waals surface area contributed by atoms with Crippen LogP contribution in [-0.2, 0) is 0 Å². The highest BCUT2D eigenvalue weighted by molar-refractivity contribution is 5.42. The molecule has 2 heterocycles. The molecule has 1 aromatic rings. The van der Waals surface area contributed by atoms with E-state index in [0.717, 1.165) is 12.0 Å². The van der Waals surface area contributed by atoms with Crippen LogP contribution in [0.4, 0.5) is 5.82 Å². The number of aromatic nitrogens is 1. The maximum absolute atomic E-state index is 6.08. The summed E-state index contributed by atoms with van der Waals surface area (Å²) in [7, 11) is 2.01. The zero-order valence-electron chi connectivity index (χ0n) is 12.3. The normalized spacial score (nSPS) is 21.2. The molecular formula is C15H26N4. The van der Waals surface area contributed by atoms with Gasteiger partial charge >= 0.3 is 0 Å². The van der Waals surface area contributed by atoms with Crippen LogP contribution in [0.15, 0.2) is 18.3 Å². The number of likely N-dealkylation sites (N-methyl/N-ethyl adjacent to an activating group) is 1. The molecule has 0 radical (unpaired) electrons. The Morgan fingerprint density at radius 1 is 1.47 bits per heavy atom. The molecule has 0 aromatic carbocycles. The van der Waals surface area contributed by atoms with Crippen LogP contribution in [0.5, 0.6) is 0 Å². The van der Waals surface area contributed by atoms with Crippen LogP contribution in [0, 0.1) is 0 Å². The van der Waals surface area contributed by atoms with Crippen molar-refractivity contribution in [3.05, 3.63) is 23.9 Å². The highest BCUT2D eigenvalue weighted by atomic mass is 15.2. The SMILES string of the molecule is CCC(C)(C(NC)c1cccnc1N)N1CCCC1. The van der Waals surface area contributed by atoms with Crippen molar-refractivity contribution in [1.29, 1.82) is 0 Å². The van der Waals surface area contributed by atoms with Gasteiger partial charge in [-0.05, 0) is 52.4 Å². The Balaban J connectivity index is 2.35. The van der Waals surface area contributed by atoms with E-state index in [-0.39, 0.29) is 11.6 Å². The number of nitrogen functional groups attached to an aromatic ring is 1. The minimum Gasteiger partial charge on any atom is -0.383 e. The van der Waals surface area contributed by atoms with Crippen LogP contribution in [0.25, 0.3) is 0 Å². The summed E-state index contributed by atoms with van der Waals surface area (Å²) >= 11 is 0. The third-order valence-corrected chi connectivity index (χ3v) is 4.64. The van der Waals surface area contributed by atoms with Gasteiger partial charge in [-0.15, -0.1) is 0 Å². The lowest BCUT2D eigenvalue weighted by Gasteiger charge is -2.44. The summed E-state index contributed by atoms with van der Waals surface area (Å²) in [5, 5.41) is 3.47. The van der Waals surface area contributed by atoms with E-state index in [9.17, 15) is 0 Å². The van der Waals surface area contributed by atoms with Crippen molar-refractivity contribution in [3.8, 4) is 0 Å². The summed E-state index contributed by atoms with van der Waals surface area (Å²) in [6.45, 7) is 6.96. The van der Waals surface area contributed by atoms with E-state index in [1.54, 1.807) is 6.20 Å². The second-order valence-corrected chi connectivity index (χ2v) is 5.60. The zero-order valence-corrected chi connectivity index (χ0v) is 12.3. The van der Waals surface area contributed by atoms with E-state index in [2.05, 4.69) is 35.1 Å². The molecule has 3 N–H and O–H groups in total. The standard InChI is InChI=1S/C15H26N4/c1-4-15(2,19-10-5-6-11-19)13(17-3)12-8-7-9-18-14(12)16/h7-9,13,17H,4-6,10-11H2,1-3H3,(H2,16,18). The van der Waals surface area contributed by atoms with Crippen molar-refractivity contribution in [2.75, 3.05) is 25.9 Å². The lowest BCUT2D eigenvalue weighted by Crippen LogP contribution is -2.52. The smallest absolute Gasteiger partial charge is 0.128 e. The fraction of sp³-hybridized carbons (Fsp3) is 0.667. The van der Waals surface area contributed by atoms with Crippen LogP contribution in [0.1, 0.15) is 44.7 Å². The Labute approximate surface area is 116 Å². The summed E-state index contributed by atoms with van der Waals surface area (Å²) < 4.78 is 0. The average molecular weight is 262 g/mol. The Kier molecular flexibility index (Phi) is 4.42. The predicted octanol–water partition coefficient (Wildman–Crippen LogP) is 2.19. The van der Waals surface area contributed by atoms with Gasteiger partial charge in [0.2, 0.25) is 0 Å². The summed E-state index contributed by atoms with van der Waals surface area (Å²) in [5.41, 5.74) is 7.28. The van der Waals surface area contributed by atoms with Crippen molar-refractivity contribution in [2.45, 2.75) is 44.7 Å². The molecule has 19 heavy (non-hydrogen) atoms. The van der Waals surface area contributed by atoms with E-state index < -0.39 is 0 Å². The Bertz CT molecular complexity index is 414. The van der Waals surface area contributed by atoms with Gasteiger partial charge in [-0.25, -0.2) is 4.98 Å². The summed E-state index contributed by atoms with van der Waals surface area (Å²) in [6.07, 6.45) is 5.45. The molecule has 0 spiro atoms. The molecule has 0 saturated carbocycles. The van der Waals surface area contributed by atoms with Gasteiger partial charge in [-0.1, -0.05) is 13.0 Å². The monoisotopic (exact) mass is 262 g/mol. The first kappa shape index (κ1) is 14.3. The molecule has 1 aliphatic heterocycles. The number of pyridine rings is 1. The highest BCUT2D eigenvalue weighted by Gasteiger charge is 2.40. The van der Waals surface area contributed by atoms with Gasteiger partial charge in [-0.2, -0.15) is 0 Å². The summed E-state index contributed by atoms with van der Waals surface area (Å²) in [4.78, 5) is 6.84. The fourth-order valence-electron chi connectivity index (χ4n) is 3.31. The maximum atomic E-state index is 6.08. The first-order chi connectivity index (χ1) is 9.13. The number of nitrogens with zero attached hydrogens (tertiary/aromatic N) is 2. The summed E-state index contributed by atoms with van der Waals surface area (Å²) in [6, 6.07) is 4.27. The van der Waals surface area contributed by atoms with E-state index in [4.69, 9.17) is 5.73 Å². The third kappa shape index (κ3) is 2.60. The van der Waals surface area contributed by atoms with Gasteiger partial charge in [0.1, 0.15) is 5.82 Å². The first-order valence-electron chi connectivity index (χ1n) is 7.26. The summed E-state index contributed by atoms with van der Waals surface area (Å²) in [5.74, 6) is 0.640.